The summed E-state index contributed by atoms with van der Waals surface area (Å²) >= 11 is 0. The van der Waals surface area contributed by atoms with Gasteiger partial charge < -0.3 is 15.8 Å². The number of H-pyrrole nitrogens is 1. The van der Waals surface area contributed by atoms with Crippen molar-refractivity contribution in [1.82, 2.24) is 20.6 Å². The van der Waals surface area contributed by atoms with Crippen LogP contribution in [0.4, 0.5) is 11.4 Å². The number of nitrogen functional groups attached to an aromatic ring is 1. The van der Waals surface area contributed by atoms with Crippen LogP contribution in [0.3, 0.4) is 0 Å². The third kappa shape index (κ3) is 3.09. The fourth-order valence-corrected chi connectivity index (χ4v) is 1.42. The van der Waals surface area contributed by atoms with Crippen molar-refractivity contribution in [3.05, 3.63) is 24.0 Å². The minimum atomic E-state index is 0.494. The van der Waals surface area contributed by atoms with Crippen LogP contribution in [-0.2, 0) is 6.54 Å². The molecule has 2 aromatic rings. The van der Waals surface area contributed by atoms with E-state index >= 15 is 0 Å². The fraction of sp³-hybridized carbons (Fsp3) is 0.364. The summed E-state index contributed by atoms with van der Waals surface area (Å²) in [6.07, 6.45) is 0.944. The molecular formula is C11H16N6O. The van der Waals surface area contributed by atoms with Crippen molar-refractivity contribution < 1.29 is 4.74 Å². The van der Waals surface area contributed by atoms with Gasteiger partial charge in [-0.25, -0.2) is 0 Å². The summed E-state index contributed by atoms with van der Waals surface area (Å²) in [7, 11) is 0. The summed E-state index contributed by atoms with van der Waals surface area (Å²) in [6, 6.07) is 5.56. The van der Waals surface area contributed by atoms with Gasteiger partial charge in [0.25, 0.3) is 0 Å². The number of hydrogen-bond donors (Lipinski definition) is 3. The smallest absolute Gasteiger partial charge is 0.193 e. The van der Waals surface area contributed by atoms with E-state index in [0.717, 1.165) is 12.1 Å². The van der Waals surface area contributed by atoms with Gasteiger partial charge in [-0.15, -0.1) is 10.2 Å². The van der Waals surface area contributed by atoms with E-state index in [4.69, 9.17) is 10.5 Å². The third-order valence-electron chi connectivity index (χ3n) is 2.32. The molecule has 1 aromatic heterocycles. The number of nitrogens with two attached hydrogens (primary N) is 1. The normalized spacial score (nSPS) is 10.3. The quantitative estimate of drug-likeness (QED) is 0.663. The van der Waals surface area contributed by atoms with E-state index in [1.807, 2.05) is 18.2 Å². The first kappa shape index (κ1) is 12.2. The third-order valence-corrected chi connectivity index (χ3v) is 2.32. The molecule has 1 heterocycles. The number of tetrazole rings is 1. The Kier molecular flexibility index (Phi) is 3.95. The molecule has 0 aliphatic heterocycles. The van der Waals surface area contributed by atoms with Crippen LogP contribution in [0, 0.1) is 0 Å². The zero-order valence-electron chi connectivity index (χ0n) is 10.2. The summed E-state index contributed by atoms with van der Waals surface area (Å²) in [5.41, 5.74) is 7.36. The average molecular weight is 248 g/mol. The van der Waals surface area contributed by atoms with Crippen molar-refractivity contribution in [3.8, 4) is 5.75 Å². The average Bonchev–Trinajstić information content (AvgIpc) is 2.89. The highest BCUT2D eigenvalue weighted by Crippen LogP contribution is 2.25. The van der Waals surface area contributed by atoms with Crippen LogP contribution in [-0.4, -0.2) is 27.2 Å². The van der Waals surface area contributed by atoms with Crippen molar-refractivity contribution in [3.63, 3.8) is 0 Å². The highest BCUT2D eigenvalue weighted by Gasteiger charge is 2.03. The van der Waals surface area contributed by atoms with Gasteiger partial charge in [0.1, 0.15) is 5.75 Å². The van der Waals surface area contributed by atoms with Gasteiger partial charge in [-0.3, -0.25) is 0 Å². The van der Waals surface area contributed by atoms with Gasteiger partial charge in [0.2, 0.25) is 0 Å². The van der Waals surface area contributed by atoms with Gasteiger partial charge in [-0.2, -0.15) is 5.21 Å². The Morgan fingerprint density at radius 2 is 2.33 bits per heavy atom. The lowest BCUT2D eigenvalue weighted by molar-refractivity contribution is 0.319. The number of ether oxygens (including phenoxy) is 1. The Bertz CT molecular complexity index is 484. The molecule has 0 saturated carbocycles. The van der Waals surface area contributed by atoms with Crippen LogP contribution in [0.5, 0.6) is 5.75 Å². The minimum absolute atomic E-state index is 0.494. The molecule has 7 nitrogen and oxygen atoms in total. The summed E-state index contributed by atoms with van der Waals surface area (Å²) < 4.78 is 5.55. The molecule has 18 heavy (non-hydrogen) atoms. The Labute approximate surface area is 105 Å². The molecule has 0 aliphatic carbocycles. The van der Waals surface area contributed by atoms with E-state index in [0.29, 0.717) is 30.4 Å². The van der Waals surface area contributed by atoms with Gasteiger partial charge in [0, 0.05) is 11.8 Å². The molecular weight excluding hydrogens is 232 g/mol. The van der Waals surface area contributed by atoms with Crippen molar-refractivity contribution in [1.29, 1.82) is 0 Å². The van der Waals surface area contributed by atoms with Crippen molar-refractivity contribution in [2.45, 2.75) is 19.9 Å². The van der Waals surface area contributed by atoms with Crippen molar-refractivity contribution >= 4 is 11.4 Å². The maximum absolute atomic E-state index is 5.83. The second-order valence-electron chi connectivity index (χ2n) is 3.78. The van der Waals surface area contributed by atoms with Crippen LogP contribution in [0.15, 0.2) is 18.2 Å². The number of aromatic nitrogens is 4. The molecule has 0 radical (unpaired) electrons. The van der Waals surface area contributed by atoms with Crippen molar-refractivity contribution in [2.24, 2.45) is 0 Å². The molecule has 2 rings (SSSR count). The summed E-state index contributed by atoms with van der Waals surface area (Å²) in [6.45, 7) is 3.20. The topological polar surface area (TPSA) is 102 Å². The number of benzene rings is 1. The van der Waals surface area contributed by atoms with Gasteiger partial charge >= 0.3 is 0 Å². The second-order valence-corrected chi connectivity index (χ2v) is 3.78. The molecule has 0 aliphatic rings. The Hall–Kier alpha value is -2.31. The Morgan fingerprint density at radius 1 is 1.44 bits per heavy atom. The zero-order valence-corrected chi connectivity index (χ0v) is 10.2. The van der Waals surface area contributed by atoms with Gasteiger partial charge in [0.05, 0.1) is 18.8 Å². The lowest BCUT2D eigenvalue weighted by atomic mass is 10.2. The zero-order chi connectivity index (χ0) is 12.8. The number of nitrogens with zero attached hydrogens (tertiary/aromatic N) is 3. The number of hydrogen-bond acceptors (Lipinski definition) is 6. The predicted molar refractivity (Wildman–Crippen MR) is 68.1 cm³/mol. The Balaban J connectivity index is 2.00. The van der Waals surface area contributed by atoms with Crippen LogP contribution in [0.2, 0.25) is 0 Å². The maximum Gasteiger partial charge on any atom is 0.193 e. The summed E-state index contributed by atoms with van der Waals surface area (Å²) in [5.74, 6) is 1.29. The lowest BCUT2D eigenvalue weighted by Gasteiger charge is -2.10. The molecule has 0 saturated heterocycles. The van der Waals surface area contributed by atoms with Gasteiger partial charge in [-0.1, -0.05) is 12.1 Å². The van der Waals surface area contributed by atoms with Crippen molar-refractivity contribution in [2.75, 3.05) is 17.7 Å². The molecule has 0 fully saturated rings. The number of anilines is 2. The minimum Gasteiger partial charge on any atom is -0.491 e. The van der Waals surface area contributed by atoms with Crippen LogP contribution in [0.25, 0.3) is 0 Å². The molecule has 7 heteroatoms. The highest BCUT2D eigenvalue weighted by molar-refractivity contribution is 5.61. The molecule has 1 aromatic carbocycles. The monoisotopic (exact) mass is 248 g/mol. The first-order chi connectivity index (χ1) is 8.79. The van der Waals surface area contributed by atoms with E-state index in [9.17, 15) is 0 Å². The SMILES string of the molecule is CCCOc1cc(NCc2nn[nH]n2)ccc1N. The number of rotatable bonds is 6. The van der Waals surface area contributed by atoms with E-state index < -0.39 is 0 Å². The highest BCUT2D eigenvalue weighted by atomic mass is 16.5. The largest absolute Gasteiger partial charge is 0.491 e. The standard InChI is InChI=1S/C11H16N6O/c1-2-5-18-10-6-8(3-4-9(10)12)13-7-11-14-16-17-15-11/h3-4,6,13H,2,5,7,12H2,1H3,(H,14,15,16,17). The van der Waals surface area contributed by atoms with Gasteiger partial charge in [-0.05, 0) is 18.6 Å². The summed E-state index contributed by atoms with van der Waals surface area (Å²) in [5, 5.41) is 16.8. The first-order valence-electron chi connectivity index (χ1n) is 5.78. The molecule has 0 bridgehead atoms. The van der Waals surface area contributed by atoms with Gasteiger partial charge in [0.15, 0.2) is 5.82 Å². The molecule has 0 unspecified atom stereocenters. The number of aromatic amines is 1. The second kappa shape index (κ2) is 5.85. The predicted octanol–water partition coefficient (Wildman–Crippen LogP) is 1.18. The first-order valence-corrected chi connectivity index (χ1v) is 5.78. The molecule has 0 amide bonds. The van der Waals surface area contributed by atoms with Crippen LogP contribution >= 0.6 is 0 Å². The fourth-order valence-electron chi connectivity index (χ4n) is 1.42. The molecule has 96 valence electrons. The molecule has 4 N–H and O–H groups in total. The van der Waals surface area contributed by atoms with Crippen LogP contribution < -0.4 is 15.8 Å². The van der Waals surface area contributed by atoms with Crippen LogP contribution in [0.1, 0.15) is 19.2 Å². The maximum atomic E-state index is 5.83. The number of nitrogens with one attached hydrogen (secondary N) is 2. The van der Waals surface area contributed by atoms with E-state index in [1.54, 1.807) is 0 Å². The molecule has 0 atom stereocenters. The van der Waals surface area contributed by atoms with E-state index in [2.05, 4.69) is 32.9 Å². The lowest BCUT2D eigenvalue weighted by Crippen LogP contribution is -2.03. The van der Waals surface area contributed by atoms with E-state index in [1.165, 1.54) is 0 Å². The summed E-state index contributed by atoms with van der Waals surface area (Å²) in [4.78, 5) is 0. The molecule has 0 spiro atoms. The van der Waals surface area contributed by atoms with E-state index in [-0.39, 0.29) is 0 Å². The Morgan fingerprint density at radius 3 is 3.06 bits per heavy atom.